The van der Waals surface area contributed by atoms with Gasteiger partial charge in [-0.3, -0.25) is 14.5 Å². The van der Waals surface area contributed by atoms with Gasteiger partial charge >= 0.3 is 6.01 Å². The zero-order chi connectivity index (χ0) is 29.3. The molecule has 4 aliphatic heterocycles. The molecule has 42 heavy (non-hydrogen) atoms. The lowest BCUT2D eigenvalue weighted by Gasteiger charge is -2.52. The highest BCUT2D eigenvalue weighted by atomic mass is 35.5. The molecule has 1 aromatic carbocycles. The number of ketones is 1. The van der Waals surface area contributed by atoms with E-state index in [1.54, 1.807) is 12.1 Å². The summed E-state index contributed by atoms with van der Waals surface area (Å²) in [5.41, 5.74) is 3.01. The smallest absolute Gasteiger partial charge is 0.318 e. The molecule has 0 radical (unpaired) electrons. The van der Waals surface area contributed by atoms with Gasteiger partial charge in [0.15, 0.2) is 0 Å². The van der Waals surface area contributed by atoms with Crippen LogP contribution in [-0.2, 0) is 29.2 Å². The number of carbonyl (C=O) groups excluding carboxylic acids is 2. The Balaban J connectivity index is 1.22. The highest BCUT2D eigenvalue weighted by molar-refractivity contribution is 6.31. The van der Waals surface area contributed by atoms with Gasteiger partial charge in [-0.05, 0) is 69.1 Å². The second-order valence-electron chi connectivity index (χ2n) is 12.6. The fourth-order valence-corrected chi connectivity index (χ4v) is 8.08. The van der Waals surface area contributed by atoms with E-state index in [0.29, 0.717) is 62.8 Å². The maximum Gasteiger partial charge on any atom is 0.318 e. The van der Waals surface area contributed by atoms with Crippen molar-refractivity contribution in [2.75, 3.05) is 38.2 Å². The molecule has 1 aromatic heterocycles. The van der Waals surface area contributed by atoms with Crippen LogP contribution in [0.5, 0.6) is 11.8 Å². The van der Waals surface area contributed by atoms with Crippen LogP contribution in [0, 0.1) is 12.3 Å². The number of fused-ring (bicyclic) bond motifs is 2. The van der Waals surface area contributed by atoms with Crippen LogP contribution in [0.25, 0.3) is 0 Å². The molecule has 1 spiro atoms. The van der Waals surface area contributed by atoms with Gasteiger partial charge in [0.25, 0.3) is 0 Å². The summed E-state index contributed by atoms with van der Waals surface area (Å²) in [5.74, 6) is 1.12. The average Bonchev–Trinajstić information content (AvgIpc) is 3.69. The number of rotatable bonds is 7. The molecule has 1 N–H and O–H groups in total. The molecule has 5 heterocycles. The van der Waals surface area contributed by atoms with Gasteiger partial charge < -0.3 is 24.5 Å². The fraction of sp³-hybridized carbons (Fsp3) is 0.548. The van der Waals surface area contributed by atoms with E-state index in [2.05, 4.69) is 28.3 Å². The SMILES string of the molecule is C=CC(=O)N1CC2CC3(CN2c2nc(OC[C@@H]4CCCN4C)nc4c2CN(Cc2c(Cl)ccc(O)c2C)C4)C(=O)CC13. The summed E-state index contributed by atoms with van der Waals surface area (Å²) in [6.45, 7) is 9.96. The molecular weight excluding hydrogens is 556 g/mol. The van der Waals surface area contributed by atoms with Gasteiger partial charge in [-0.25, -0.2) is 0 Å². The van der Waals surface area contributed by atoms with E-state index < -0.39 is 5.41 Å². The quantitative estimate of drug-likeness (QED) is 0.486. The summed E-state index contributed by atoms with van der Waals surface area (Å²) in [4.78, 5) is 44.4. The molecule has 4 fully saturated rings. The molecule has 11 heteroatoms. The summed E-state index contributed by atoms with van der Waals surface area (Å²) >= 11 is 6.56. The molecule has 1 saturated carbocycles. The number of carbonyl (C=O) groups is 2. The third-order valence-corrected chi connectivity index (χ3v) is 10.7. The third kappa shape index (κ3) is 4.29. The van der Waals surface area contributed by atoms with Gasteiger partial charge in [0.1, 0.15) is 24.0 Å². The summed E-state index contributed by atoms with van der Waals surface area (Å²) in [6, 6.07) is 3.91. The molecule has 3 saturated heterocycles. The Morgan fingerprint density at radius 2 is 2.14 bits per heavy atom. The number of ether oxygens (including phenoxy) is 1. The number of likely N-dealkylation sites (tertiary alicyclic amines) is 2. The van der Waals surface area contributed by atoms with E-state index in [-0.39, 0.29) is 29.5 Å². The van der Waals surface area contributed by atoms with Crippen molar-refractivity contribution in [1.82, 2.24) is 24.7 Å². The van der Waals surface area contributed by atoms with Crippen molar-refractivity contribution in [3.05, 3.63) is 52.2 Å². The molecule has 222 valence electrons. The highest BCUT2D eigenvalue weighted by Crippen LogP contribution is 2.55. The Bertz CT molecular complexity index is 1480. The van der Waals surface area contributed by atoms with Crippen LogP contribution < -0.4 is 9.64 Å². The largest absolute Gasteiger partial charge is 0.508 e. The number of piperidine rings is 1. The van der Waals surface area contributed by atoms with Gasteiger partial charge in [-0.2, -0.15) is 9.97 Å². The summed E-state index contributed by atoms with van der Waals surface area (Å²) in [5, 5.41) is 10.9. The van der Waals surface area contributed by atoms with Crippen LogP contribution in [0.15, 0.2) is 24.8 Å². The van der Waals surface area contributed by atoms with Gasteiger partial charge in [-0.15, -0.1) is 0 Å². The topological polar surface area (TPSA) is 102 Å². The predicted molar refractivity (Wildman–Crippen MR) is 157 cm³/mol. The molecule has 4 atom stereocenters. The van der Waals surface area contributed by atoms with Gasteiger partial charge in [-0.1, -0.05) is 18.2 Å². The highest BCUT2D eigenvalue weighted by Gasteiger charge is 2.66. The van der Waals surface area contributed by atoms with Crippen molar-refractivity contribution in [3.8, 4) is 11.8 Å². The molecule has 1 aliphatic carbocycles. The number of aromatic hydroxyl groups is 1. The van der Waals surface area contributed by atoms with Crippen LogP contribution in [0.2, 0.25) is 5.02 Å². The first-order chi connectivity index (χ1) is 20.2. The summed E-state index contributed by atoms with van der Waals surface area (Å²) in [6.07, 6.45) is 4.72. The number of amides is 1. The molecule has 5 aliphatic rings. The van der Waals surface area contributed by atoms with E-state index in [9.17, 15) is 14.7 Å². The Morgan fingerprint density at radius 1 is 1.31 bits per heavy atom. The Morgan fingerprint density at radius 3 is 2.88 bits per heavy atom. The third-order valence-electron chi connectivity index (χ3n) is 10.4. The first-order valence-corrected chi connectivity index (χ1v) is 15.2. The molecule has 7 rings (SSSR count). The van der Waals surface area contributed by atoms with Gasteiger partial charge in [0, 0.05) is 61.8 Å². The summed E-state index contributed by atoms with van der Waals surface area (Å²) < 4.78 is 6.25. The molecule has 2 aromatic rings. The number of Topliss-reactive ketones (excluding diaryl/α,β-unsaturated/α-hetero) is 1. The molecular formula is C31H37ClN6O4. The van der Waals surface area contributed by atoms with Crippen molar-refractivity contribution in [2.45, 2.75) is 70.4 Å². The van der Waals surface area contributed by atoms with Crippen molar-refractivity contribution in [1.29, 1.82) is 0 Å². The summed E-state index contributed by atoms with van der Waals surface area (Å²) in [7, 11) is 2.12. The number of phenols is 1. The maximum atomic E-state index is 13.1. The number of benzene rings is 1. The van der Waals surface area contributed by atoms with Gasteiger partial charge in [0.2, 0.25) is 5.91 Å². The molecule has 2 bridgehead atoms. The maximum absolute atomic E-state index is 13.1. The average molecular weight is 593 g/mol. The van der Waals surface area contributed by atoms with E-state index in [4.69, 9.17) is 26.3 Å². The first kappa shape index (κ1) is 27.6. The van der Waals surface area contributed by atoms with Crippen LogP contribution in [0.4, 0.5) is 5.82 Å². The lowest BCUT2D eigenvalue weighted by atomic mass is 9.59. The van der Waals surface area contributed by atoms with E-state index >= 15 is 0 Å². The number of likely N-dealkylation sites (N-methyl/N-ethyl adjacent to an activating group) is 1. The predicted octanol–water partition coefficient (Wildman–Crippen LogP) is 3.07. The molecule has 10 nitrogen and oxygen atoms in total. The van der Waals surface area contributed by atoms with E-state index in [1.807, 2.05) is 11.8 Å². The number of phenolic OH excluding ortho intramolecular Hbond substituents is 1. The minimum atomic E-state index is -0.558. The van der Waals surface area contributed by atoms with E-state index in [0.717, 1.165) is 54.0 Å². The lowest BCUT2D eigenvalue weighted by Crippen LogP contribution is -2.66. The number of anilines is 1. The lowest BCUT2D eigenvalue weighted by molar-refractivity contribution is -0.156. The molecule has 1 amide bonds. The van der Waals surface area contributed by atoms with Crippen LogP contribution in [0.1, 0.15) is 48.1 Å². The zero-order valence-corrected chi connectivity index (χ0v) is 24.9. The minimum absolute atomic E-state index is 0.0287. The number of hydrogen-bond donors (Lipinski definition) is 1. The van der Waals surface area contributed by atoms with Crippen LogP contribution in [0.3, 0.4) is 0 Å². The Hall–Kier alpha value is -3.21. The monoisotopic (exact) mass is 592 g/mol. The normalized spacial score (nSPS) is 28.5. The molecule has 3 unspecified atom stereocenters. The zero-order valence-electron chi connectivity index (χ0n) is 24.2. The van der Waals surface area contributed by atoms with Crippen molar-refractivity contribution in [3.63, 3.8) is 0 Å². The van der Waals surface area contributed by atoms with E-state index in [1.165, 1.54) is 6.08 Å². The van der Waals surface area contributed by atoms with Crippen LogP contribution in [-0.4, -0.2) is 92.9 Å². The van der Waals surface area contributed by atoms with Crippen molar-refractivity contribution >= 4 is 29.1 Å². The minimum Gasteiger partial charge on any atom is -0.508 e. The van der Waals surface area contributed by atoms with Crippen molar-refractivity contribution < 1.29 is 19.4 Å². The second kappa shape index (κ2) is 10.2. The van der Waals surface area contributed by atoms with Crippen molar-refractivity contribution in [2.24, 2.45) is 5.41 Å². The Labute approximate surface area is 250 Å². The first-order valence-electron chi connectivity index (χ1n) is 14.8. The number of nitrogens with zero attached hydrogens (tertiary/aromatic N) is 6. The Kier molecular flexibility index (Phi) is 6.71. The number of aromatic nitrogens is 2. The standard InChI is InChI=1S/C31H37ClN6O4/c1-4-28(41)37-12-20-11-31(26(37)10-27(31)40)17-38(20)29-22-14-36(13-21-18(2)25(39)8-7-23(21)32)15-24(22)33-30(34-29)42-16-19-6-5-9-35(19)3/h4,7-8,19-20,26,39H,1,5-6,9-17H2,2-3H3/t19-,20?,26?,31?/m0/s1. The number of halogens is 1. The van der Waals surface area contributed by atoms with Crippen LogP contribution >= 0.6 is 11.6 Å². The second-order valence-corrected chi connectivity index (χ2v) is 13.0. The number of hydrogen-bond acceptors (Lipinski definition) is 9. The van der Waals surface area contributed by atoms with Gasteiger partial charge in [0.05, 0.1) is 17.2 Å². The fourth-order valence-electron chi connectivity index (χ4n) is 7.82.